The number of carbonyl (C=O) groups is 2. The van der Waals surface area contributed by atoms with Crippen LogP contribution in [0.4, 0.5) is 4.79 Å². The van der Waals surface area contributed by atoms with Crippen LogP contribution in [0.15, 0.2) is 41.5 Å². The summed E-state index contributed by atoms with van der Waals surface area (Å²) in [5.74, 6) is -0.668. The Labute approximate surface area is 136 Å². The van der Waals surface area contributed by atoms with Crippen LogP contribution < -0.4 is 5.32 Å². The molecule has 2 rings (SSSR count). The standard InChI is InChI=1S/C18H23NO4/c1-12-9-15(17(20)22-3)16(10-13(12)2)19-18(21)23-11-14-7-5-4-6-8-14/h4-8,15-16H,9-11H2,1-3H3,(H,19,21)/t15-,16+/m0/s1. The van der Waals surface area contributed by atoms with Gasteiger partial charge in [-0.05, 0) is 32.3 Å². The van der Waals surface area contributed by atoms with Gasteiger partial charge in [0.2, 0.25) is 0 Å². The molecule has 0 bridgehead atoms. The maximum atomic E-state index is 12.0. The van der Waals surface area contributed by atoms with E-state index in [1.807, 2.05) is 44.2 Å². The second kappa shape index (κ2) is 7.81. The van der Waals surface area contributed by atoms with E-state index >= 15 is 0 Å². The van der Waals surface area contributed by atoms with Gasteiger partial charge in [-0.15, -0.1) is 0 Å². The highest BCUT2D eigenvalue weighted by atomic mass is 16.5. The summed E-state index contributed by atoms with van der Waals surface area (Å²) < 4.78 is 10.1. The number of hydrogen-bond acceptors (Lipinski definition) is 4. The fourth-order valence-electron chi connectivity index (χ4n) is 2.76. The Hall–Kier alpha value is -2.30. The number of esters is 1. The van der Waals surface area contributed by atoms with Crippen molar-refractivity contribution in [2.45, 2.75) is 39.3 Å². The fourth-order valence-corrected chi connectivity index (χ4v) is 2.76. The molecular weight excluding hydrogens is 294 g/mol. The highest BCUT2D eigenvalue weighted by Gasteiger charge is 2.34. The van der Waals surface area contributed by atoms with E-state index < -0.39 is 6.09 Å². The Morgan fingerprint density at radius 2 is 1.78 bits per heavy atom. The van der Waals surface area contributed by atoms with E-state index in [-0.39, 0.29) is 24.5 Å². The first-order valence-corrected chi connectivity index (χ1v) is 7.71. The summed E-state index contributed by atoms with van der Waals surface area (Å²) in [7, 11) is 1.37. The molecule has 1 amide bonds. The van der Waals surface area contributed by atoms with Crippen molar-refractivity contribution in [3.63, 3.8) is 0 Å². The number of benzene rings is 1. The van der Waals surface area contributed by atoms with E-state index in [1.54, 1.807) is 0 Å². The number of amides is 1. The highest BCUT2D eigenvalue weighted by Crippen LogP contribution is 2.30. The average Bonchev–Trinajstić information content (AvgIpc) is 2.56. The summed E-state index contributed by atoms with van der Waals surface area (Å²) in [5.41, 5.74) is 3.29. The Morgan fingerprint density at radius 3 is 2.43 bits per heavy atom. The fraction of sp³-hybridized carbons (Fsp3) is 0.444. The van der Waals surface area contributed by atoms with Gasteiger partial charge in [-0.2, -0.15) is 0 Å². The van der Waals surface area contributed by atoms with Crippen LogP contribution in [0, 0.1) is 5.92 Å². The normalized spacial score (nSPS) is 20.8. The number of ether oxygens (including phenoxy) is 2. The molecule has 0 saturated carbocycles. The quantitative estimate of drug-likeness (QED) is 0.684. The average molecular weight is 317 g/mol. The molecule has 0 fully saturated rings. The third-order valence-corrected chi connectivity index (χ3v) is 4.29. The minimum atomic E-state index is -0.514. The predicted octanol–water partition coefficient (Wildman–Crippen LogP) is 3.20. The Kier molecular flexibility index (Phi) is 5.79. The van der Waals surface area contributed by atoms with Gasteiger partial charge < -0.3 is 14.8 Å². The van der Waals surface area contributed by atoms with Gasteiger partial charge in [-0.1, -0.05) is 41.5 Å². The van der Waals surface area contributed by atoms with Crippen molar-refractivity contribution < 1.29 is 19.1 Å². The number of nitrogens with one attached hydrogen (secondary N) is 1. The van der Waals surface area contributed by atoms with Crippen molar-refractivity contribution in [2.75, 3.05) is 7.11 Å². The third-order valence-electron chi connectivity index (χ3n) is 4.29. The van der Waals surface area contributed by atoms with Gasteiger partial charge in [0.1, 0.15) is 6.61 Å². The second-order valence-corrected chi connectivity index (χ2v) is 5.91. The molecule has 5 nitrogen and oxygen atoms in total. The summed E-state index contributed by atoms with van der Waals surface area (Å²) in [5, 5.41) is 2.81. The Bertz CT molecular complexity index is 594. The first-order valence-electron chi connectivity index (χ1n) is 7.71. The Balaban J connectivity index is 1.96. The molecule has 1 aromatic carbocycles. The van der Waals surface area contributed by atoms with E-state index in [0.29, 0.717) is 12.8 Å². The molecule has 1 aromatic rings. The highest BCUT2D eigenvalue weighted by molar-refractivity contribution is 5.76. The molecule has 0 spiro atoms. The minimum Gasteiger partial charge on any atom is -0.469 e. The van der Waals surface area contributed by atoms with E-state index in [2.05, 4.69) is 5.32 Å². The molecular formula is C18H23NO4. The van der Waals surface area contributed by atoms with Gasteiger partial charge in [-0.25, -0.2) is 4.79 Å². The number of allylic oxidation sites excluding steroid dienone is 1. The number of carbonyl (C=O) groups excluding carboxylic acids is 2. The molecule has 0 unspecified atom stereocenters. The monoisotopic (exact) mass is 317 g/mol. The molecule has 124 valence electrons. The molecule has 0 heterocycles. The smallest absolute Gasteiger partial charge is 0.407 e. The van der Waals surface area contributed by atoms with Crippen LogP contribution in [0.3, 0.4) is 0 Å². The van der Waals surface area contributed by atoms with Gasteiger partial charge >= 0.3 is 12.1 Å². The zero-order valence-corrected chi connectivity index (χ0v) is 13.8. The molecule has 2 atom stereocenters. The first-order chi connectivity index (χ1) is 11.0. The lowest BCUT2D eigenvalue weighted by Crippen LogP contribution is -2.45. The predicted molar refractivity (Wildman–Crippen MR) is 86.7 cm³/mol. The van der Waals surface area contributed by atoms with Crippen molar-refractivity contribution in [2.24, 2.45) is 5.92 Å². The van der Waals surface area contributed by atoms with Gasteiger partial charge in [-0.3, -0.25) is 4.79 Å². The molecule has 5 heteroatoms. The summed E-state index contributed by atoms with van der Waals surface area (Å²) in [6, 6.07) is 9.17. The lowest BCUT2D eigenvalue weighted by atomic mass is 9.81. The lowest BCUT2D eigenvalue weighted by Gasteiger charge is -2.31. The second-order valence-electron chi connectivity index (χ2n) is 5.91. The van der Waals surface area contributed by atoms with E-state index in [0.717, 1.165) is 5.56 Å². The topological polar surface area (TPSA) is 64.6 Å². The summed E-state index contributed by atoms with van der Waals surface area (Å²) in [4.78, 5) is 24.0. The molecule has 1 aliphatic carbocycles. The van der Waals surface area contributed by atoms with Crippen LogP contribution in [0.1, 0.15) is 32.3 Å². The molecule has 1 N–H and O–H groups in total. The van der Waals surface area contributed by atoms with E-state index in [9.17, 15) is 9.59 Å². The largest absolute Gasteiger partial charge is 0.469 e. The number of alkyl carbamates (subject to hydrolysis) is 1. The van der Waals surface area contributed by atoms with Crippen molar-refractivity contribution in [1.29, 1.82) is 0 Å². The van der Waals surface area contributed by atoms with Crippen LogP contribution in [-0.2, 0) is 20.9 Å². The number of methoxy groups -OCH3 is 1. The first kappa shape index (κ1) is 17.1. The van der Waals surface area contributed by atoms with Gasteiger partial charge in [0, 0.05) is 6.04 Å². The maximum Gasteiger partial charge on any atom is 0.407 e. The third kappa shape index (κ3) is 4.58. The zero-order chi connectivity index (χ0) is 16.8. The molecule has 1 aliphatic rings. The molecule has 0 aromatic heterocycles. The minimum absolute atomic E-state index is 0.204. The Morgan fingerprint density at radius 1 is 1.13 bits per heavy atom. The molecule has 23 heavy (non-hydrogen) atoms. The van der Waals surface area contributed by atoms with Crippen molar-refractivity contribution in [3.8, 4) is 0 Å². The number of hydrogen-bond donors (Lipinski definition) is 1. The van der Waals surface area contributed by atoms with Crippen LogP contribution in [0.25, 0.3) is 0 Å². The lowest BCUT2D eigenvalue weighted by molar-refractivity contribution is -0.146. The van der Waals surface area contributed by atoms with Crippen LogP contribution >= 0.6 is 0 Å². The van der Waals surface area contributed by atoms with Crippen LogP contribution in [-0.4, -0.2) is 25.2 Å². The van der Waals surface area contributed by atoms with E-state index in [4.69, 9.17) is 9.47 Å². The van der Waals surface area contributed by atoms with Gasteiger partial charge in [0.25, 0.3) is 0 Å². The van der Waals surface area contributed by atoms with Crippen molar-refractivity contribution in [3.05, 3.63) is 47.0 Å². The summed E-state index contributed by atoms with van der Waals surface area (Å²) in [6.45, 7) is 4.23. The SMILES string of the molecule is COC(=O)[C@H]1CC(C)=C(C)C[C@H]1NC(=O)OCc1ccccc1. The van der Waals surface area contributed by atoms with Crippen molar-refractivity contribution in [1.82, 2.24) is 5.32 Å². The summed E-state index contributed by atoms with van der Waals surface area (Å²) in [6.07, 6.45) is 0.717. The number of rotatable bonds is 4. The van der Waals surface area contributed by atoms with Crippen LogP contribution in [0.2, 0.25) is 0 Å². The molecule has 0 radical (unpaired) electrons. The van der Waals surface area contributed by atoms with Crippen molar-refractivity contribution >= 4 is 12.1 Å². The summed E-state index contributed by atoms with van der Waals surface area (Å²) >= 11 is 0. The molecule has 0 saturated heterocycles. The maximum absolute atomic E-state index is 12.0. The zero-order valence-electron chi connectivity index (χ0n) is 13.8. The van der Waals surface area contributed by atoms with Gasteiger partial charge in [0.15, 0.2) is 0 Å². The van der Waals surface area contributed by atoms with Crippen LogP contribution in [0.5, 0.6) is 0 Å². The van der Waals surface area contributed by atoms with Gasteiger partial charge in [0.05, 0.1) is 13.0 Å². The molecule has 0 aliphatic heterocycles. The van der Waals surface area contributed by atoms with E-state index in [1.165, 1.54) is 18.3 Å².